The molecule has 0 aliphatic heterocycles. The van der Waals surface area contributed by atoms with Crippen LogP contribution in [-0.2, 0) is 4.74 Å². The van der Waals surface area contributed by atoms with Crippen molar-refractivity contribution in [2.24, 2.45) is 0 Å². The van der Waals surface area contributed by atoms with Crippen molar-refractivity contribution in [1.29, 1.82) is 0 Å². The van der Waals surface area contributed by atoms with Crippen LogP contribution in [0.2, 0.25) is 0 Å². The number of hydrogen-bond donors (Lipinski definition) is 0. The Kier molecular flexibility index (Phi) is 10.3. The third kappa shape index (κ3) is 9.37. The van der Waals surface area contributed by atoms with Gasteiger partial charge in [-0.25, -0.2) is 9.18 Å². The maximum atomic E-state index is 12.8. The SMILES string of the molecule is CCCCCCCCCCCC(C)OC(=O)c1ccc(F)cc1. The van der Waals surface area contributed by atoms with Crippen molar-refractivity contribution < 1.29 is 13.9 Å². The minimum atomic E-state index is -0.367. The number of benzene rings is 1. The van der Waals surface area contributed by atoms with Gasteiger partial charge in [-0.1, -0.05) is 58.3 Å². The van der Waals surface area contributed by atoms with Crippen molar-refractivity contribution >= 4 is 5.97 Å². The number of carbonyl (C=O) groups is 1. The van der Waals surface area contributed by atoms with Gasteiger partial charge in [0.25, 0.3) is 0 Å². The van der Waals surface area contributed by atoms with Gasteiger partial charge in [0.2, 0.25) is 0 Å². The zero-order valence-corrected chi connectivity index (χ0v) is 14.7. The fraction of sp³-hybridized carbons (Fsp3) is 0.650. The Morgan fingerprint density at radius 2 is 1.48 bits per heavy atom. The molecule has 1 atom stereocenters. The fourth-order valence-electron chi connectivity index (χ4n) is 2.64. The molecule has 0 saturated heterocycles. The first-order chi connectivity index (χ1) is 11.1. The van der Waals surface area contributed by atoms with Gasteiger partial charge < -0.3 is 4.74 Å². The molecule has 1 aromatic carbocycles. The molecule has 0 aliphatic carbocycles. The lowest BCUT2D eigenvalue weighted by molar-refractivity contribution is 0.0319. The van der Waals surface area contributed by atoms with Crippen molar-refractivity contribution in [1.82, 2.24) is 0 Å². The van der Waals surface area contributed by atoms with Gasteiger partial charge in [-0.3, -0.25) is 0 Å². The molecular weight excluding hydrogens is 291 g/mol. The summed E-state index contributed by atoms with van der Waals surface area (Å²) in [5, 5.41) is 0. The molecule has 0 N–H and O–H groups in total. The normalized spacial score (nSPS) is 12.1. The molecule has 1 aromatic rings. The second-order valence-corrected chi connectivity index (χ2v) is 6.34. The number of carbonyl (C=O) groups excluding carboxylic acids is 1. The highest BCUT2D eigenvalue weighted by Gasteiger charge is 2.11. The van der Waals surface area contributed by atoms with E-state index in [0.717, 1.165) is 12.8 Å². The van der Waals surface area contributed by atoms with Crippen molar-refractivity contribution in [2.75, 3.05) is 0 Å². The molecule has 0 radical (unpaired) electrons. The molecule has 0 aromatic heterocycles. The van der Waals surface area contributed by atoms with Crippen LogP contribution in [0.1, 0.15) is 88.4 Å². The maximum Gasteiger partial charge on any atom is 0.338 e. The van der Waals surface area contributed by atoms with Crippen LogP contribution >= 0.6 is 0 Å². The quantitative estimate of drug-likeness (QED) is 0.334. The number of unbranched alkanes of at least 4 members (excludes halogenated alkanes) is 8. The Bertz CT molecular complexity index is 428. The third-order valence-corrected chi connectivity index (χ3v) is 4.10. The van der Waals surface area contributed by atoms with E-state index in [-0.39, 0.29) is 17.9 Å². The van der Waals surface area contributed by atoms with Gasteiger partial charge in [-0.05, 0) is 44.0 Å². The number of halogens is 1. The molecule has 1 unspecified atom stereocenters. The van der Waals surface area contributed by atoms with E-state index >= 15 is 0 Å². The van der Waals surface area contributed by atoms with Crippen LogP contribution in [-0.4, -0.2) is 12.1 Å². The molecule has 1 rings (SSSR count). The highest BCUT2D eigenvalue weighted by Crippen LogP contribution is 2.13. The standard InChI is InChI=1S/C20H31FO2/c1-3-4-5-6-7-8-9-10-11-12-17(2)23-20(22)18-13-15-19(21)16-14-18/h13-17H,3-12H2,1-2H3. The van der Waals surface area contributed by atoms with E-state index in [0.29, 0.717) is 5.56 Å². The lowest BCUT2D eigenvalue weighted by atomic mass is 10.1. The predicted molar refractivity (Wildman–Crippen MR) is 93.1 cm³/mol. The molecule has 0 heterocycles. The molecule has 0 spiro atoms. The van der Waals surface area contributed by atoms with Crippen molar-refractivity contribution in [3.8, 4) is 0 Å². The molecule has 0 fully saturated rings. The van der Waals surface area contributed by atoms with Gasteiger partial charge in [0.15, 0.2) is 0 Å². The highest BCUT2D eigenvalue weighted by atomic mass is 19.1. The van der Waals surface area contributed by atoms with Gasteiger partial charge >= 0.3 is 5.97 Å². The van der Waals surface area contributed by atoms with Crippen LogP contribution in [0.15, 0.2) is 24.3 Å². The molecule has 0 saturated carbocycles. The average molecular weight is 322 g/mol. The monoisotopic (exact) mass is 322 g/mol. The van der Waals surface area contributed by atoms with Gasteiger partial charge in [0, 0.05) is 0 Å². The number of hydrogen-bond acceptors (Lipinski definition) is 2. The minimum Gasteiger partial charge on any atom is -0.459 e. The topological polar surface area (TPSA) is 26.3 Å². The first kappa shape index (κ1) is 19.7. The summed E-state index contributed by atoms with van der Waals surface area (Å²) in [6.45, 7) is 4.16. The Labute approximate surface area is 140 Å². The summed E-state index contributed by atoms with van der Waals surface area (Å²) in [5.74, 6) is -0.710. The number of rotatable bonds is 12. The minimum absolute atomic E-state index is 0.0860. The lowest BCUT2D eigenvalue weighted by Crippen LogP contribution is -2.15. The van der Waals surface area contributed by atoms with Crippen LogP contribution in [0.3, 0.4) is 0 Å². The van der Waals surface area contributed by atoms with Crippen LogP contribution in [0.4, 0.5) is 4.39 Å². The van der Waals surface area contributed by atoms with Gasteiger partial charge in [0.1, 0.15) is 5.82 Å². The molecule has 0 aliphatic rings. The summed E-state index contributed by atoms with van der Waals surface area (Å²) in [6.07, 6.45) is 12.4. The maximum absolute atomic E-state index is 12.8. The van der Waals surface area contributed by atoms with E-state index in [1.807, 2.05) is 6.92 Å². The molecular formula is C20H31FO2. The zero-order chi connectivity index (χ0) is 16.9. The van der Waals surface area contributed by atoms with Crippen molar-refractivity contribution in [3.05, 3.63) is 35.6 Å². The molecule has 3 heteroatoms. The Morgan fingerprint density at radius 3 is 2.04 bits per heavy atom. The van der Waals surface area contributed by atoms with E-state index in [9.17, 15) is 9.18 Å². The number of esters is 1. The first-order valence-electron chi connectivity index (χ1n) is 9.10. The Morgan fingerprint density at radius 1 is 0.957 bits per heavy atom. The summed E-state index contributed by atoms with van der Waals surface area (Å²) < 4.78 is 18.2. The van der Waals surface area contributed by atoms with Crippen LogP contribution in [0, 0.1) is 5.82 Å². The Hall–Kier alpha value is -1.38. The van der Waals surface area contributed by atoms with Crippen molar-refractivity contribution in [3.63, 3.8) is 0 Å². The van der Waals surface area contributed by atoms with E-state index in [2.05, 4.69) is 6.92 Å². The Balaban J connectivity index is 2.04. The molecule has 2 nitrogen and oxygen atoms in total. The predicted octanol–water partition coefficient (Wildman–Crippen LogP) is 6.29. The van der Waals surface area contributed by atoms with Crippen LogP contribution in [0.25, 0.3) is 0 Å². The number of ether oxygens (including phenoxy) is 1. The van der Waals surface area contributed by atoms with Gasteiger partial charge in [-0.15, -0.1) is 0 Å². The van der Waals surface area contributed by atoms with Crippen LogP contribution in [0.5, 0.6) is 0 Å². The summed E-state index contributed by atoms with van der Waals surface area (Å²) in [6, 6.07) is 5.48. The van der Waals surface area contributed by atoms with E-state index in [1.54, 1.807) is 0 Å². The fourth-order valence-corrected chi connectivity index (χ4v) is 2.64. The lowest BCUT2D eigenvalue weighted by Gasteiger charge is -2.13. The molecule has 23 heavy (non-hydrogen) atoms. The average Bonchev–Trinajstić information content (AvgIpc) is 2.54. The van der Waals surface area contributed by atoms with E-state index < -0.39 is 0 Å². The summed E-state index contributed by atoms with van der Waals surface area (Å²) in [7, 11) is 0. The zero-order valence-electron chi connectivity index (χ0n) is 14.7. The summed E-state index contributed by atoms with van der Waals surface area (Å²) in [4.78, 5) is 11.9. The van der Waals surface area contributed by atoms with E-state index in [4.69, 9.17) is 4.74 Å². The summed E-state index contributed by atoms with van der Waals surface area (Å²) in [5.41, 5.74) is 0.408. The molecule has 0 amide bonds. The van der Waals surface area contributed by atoms with Gasteiger partial charge in [-0.2, -0.15) is 0 Å². The second-order valence-electron chi connectivity index (χ2n) is 6.34. The van der Waals surface area contributed by atoms with Crippen LogP contribution < -0.4 is 0 Å². The van der Waals surface area contributed by atoms with Crippen molar-refractivity contribution in [2.45, 2.75) is 84.2 Å². The van der Waals surface area contributed by atoms with Gasteiger partial charge in [0.05, 0.1) is 11.7 Å². The molecule has 130 valence electrons. The second kappa shape index (κ2) is 12.1. The first-order valence-corrected chi connectivity index (χ1v) is 9.10. The third-order valence-electron chi connectivity index (χ3n) is 4.10. The summed E-state index contributed by atoms with van der Waals surface area (Å²) >= 11 is 0. The van der Waals surface area contributed by atoms with E-state index in [1.165, 1.54) is 75.6 Å². The molecule has 0 bridgehead atoms. The smallest absolute Gasteiger partial charge is 0.338 e. The highest BCUT2D eigenvalue weighted by molar-refractivity contribution is 5.89. The largest absolute Gasteiger partial charge is 0.459 e.